The normalized spacial score (nSPS) is 10.4. The first-order valence-electron chi connectivity index (χ1n) is 5.09. The van der Waals surface area contributed by atoms with E-state index in [-0.39, 0.29) is 0 Å². The molecule has 1 aromatic rings. The van der Waals surface area contributed by atoms with Gasteiger partial charge in [0, 0.05) is 19.8 Å². The molecule has 0 spiro atoms. The van der Waals surface area contributed by atoms with E-state index in [4.69, 9.17) is 19.9 Å². The van der Waals surface area contributed by atoms with Gasteiger partial charge in [0.05, 0.1) is 6.61 Å². The van der Waals surface area contributed by atoms with Crippen molar-refractivity contribution in [2.24, 2.45) is 0 Å². The van der Waals surface area contributed by atoms with Crippen LogP contribution in [-0.4, -0.2) is 36.9 Å². The summed E-state index contributed by atoms with van der Waals surface area (Å²) in [7, 11) is 1.57. The van der Waals surface area contributed by atoms with E-state index in [0.717, 1.165) is 0 Å². The number of hydrogen-bond acceptors (Lipinski definition) is 6. The lowest BCUT2D eigenvalue weighted by atomic mass is 10.5. The van der Waals surface area contributed by atoms with Crippen molar-refractivity contribution in [3.63, 3.8) is 0 Å². The number of methoxy groups -OCH3 is 1. The van der Waals surface area contributed by atoms with Crippen molar-refractivity contribution in [3.8, 4) is 5.88 Å². The summed E-state index contributed by atoms with van der Waals surface area (Å²) in [4.78, 5) is 8.13. The minimum Gasteiger partial charge on any atom is -0.475 e. The molecule has 90 valence electrons. The summed E-state index contributed by atoms with van der Waals surface area (Å²) in [6, 6.07) is 1.57. The Labute approximate surface area is 94.7 Å². The zero-order chi connectivity index (χ0) is 11.8. The maximum absolute atomic E-state index is 5.60. The summed E-state index contributed by atoms with van der Waals surface area (Å²) in [5, 5.41) is 0. The second-order valence-corrected chi connectivity index (χ2v) is 3.03. The van der Waals surface area contributed by atoms with Gasteiger partial charge in [0.2, 0.25) is 5.88 Å². The predicted octanol–water partition coefficient (Wildman–Crippen LogP) is 0.620. The fourth-order valence-corrected chi connectivity index (χ4v) is 1.11. The highest BCUT2D eigenvalue weighted by Gasteiger charge is 2.03. The molecule has 0 radical (unpaired) electrons. The van der Waals surface area contributed by atoms with Gasteiger partial charge in [-0.25, -0.2) is 4.98 Å². The van der Waals surface area contributed by atoms with Crippen LogP contribution in [0.2, 0.25) is 0 Å². The van der Waals surface area contributed by atoms with Gasteiger partial charge >= 0.3 is 0 Å². The number of nitrogens with two attached hydrogens (primary N) is 1. The zero-order valence-electron chi connectivity index (χ0n) is 9.60. The third kappa shape index (κ3) is 4.41. The molecule has 0 amide bonds. The molecule has 6 heteroatoms. The summed E-state index contributed by atoms with van der Waals surface area (Å²) in [6.45, 7) is 3.88. The molecule has 0 fully saturated rings. The Morgan fingerprint density at radius 1 is 1.31 bits per heavy atom. The summed E-state index contributed by atoms with van der Waals surface area (Å²) in [5.74, 6) is 1.32. The molecular weight excluding hydrogens is 210 g/mol. The van der Waals surface area contributed by atoms with E-state index in [0.29, 0.717) is 43.9 Å². The molecule has 0 aromatic carbocycles. The number of aromatic nitrogens is 2. The second kappa shape index (κ2) is 6.97. The molecule has 0 aliphatic carbocycles. The second-order valence-electron chi connectivity index (χ2n) is 3.03. The van der Waals surface area contributed by atoms with E-state index < -0.39 is 0 Å². The number of hydrogen-bond donors (Lipinski definition) is 1. The number of ether oxygens (including phenoxy) is 3. The van der Waals surface area contributed by atoms with Gasteiger partial charge in [-0.1, -0.05) is 0 Å². The highest BCUT2D eigenvalue weighted by Crippen LogP contribution is 2.11. The molecule has 6 nitrogen and oxygen atoms in total. The van der Waals surface area contributed by atoms with Crippen LogP contribution in [0.15, 0.2) is 6.07 Å². The predicted molar refractivity (Wildman–Crippen MR) is 59.1 cm³/mol. The van der Waals surface area contributed by atoms with Crippen LogP contribution in [0.5, 0.6) is 5.88 Å². The maximum Gasteiger partial charge on any atom is 0.218 e. The molecule has 1 rings (SSSR count). The Bertz CT molecular complexity index is 320. The molecule has 0 unspecified atom stereocenters. The highest BCUT2D eigenvalue weighted by atomic mass is 16.5. The van der Waals surface area contributed by atoms with E-state index in [9.17, 15) is 0 Å². The van der Waals surface area contributed by atoms with Crippen LogP contribution in [-0.2, 0) is 16.1 Å². The van der Waals surface area contributed by atoms with Gasteiger partial charge in [0.1, 0.15) is 19.0 Å². The maximum atomic E-state index is 5.60. The summed E-state index contributed by atoms with van der Waals surface area (Å²) < 4.78 is 15.4. The zero-order valence-corrected chi connectivity index (χ0v) is 9.60. The number of nitrogen functional groups attached to an aromatic ring is 1. The van der Waals surface area contributed by atoms with Crippen LogP contribution in [0.4, 0.5) is 5.82 Å². The standard InChI is InChI=1S/C10H17N3O3/c1-3-15-4-5-16-10-6-8(11)12-9(13-10)7-14-2/h6H,3-5,7H2,1-2H3,(H2,11,12,13). The van der Waals surface area contributed by atoms with E-state index in [1.807, 2.05) is 6.92 Å². The van der Waals surface area contributed by atoms with Gasteiger partial charge in [-0.2, -0.15) is 4.98 Å². The Morgan fingerprint density at radius 3 is 2.81 bits per heavy atom. The summed E-state index contributed by atoms with van der Waals surface area (Å²) in [6.07, 6.45) is 0. The van der Waals surface area contributed by atoms with Gasteiger partial charge in [-0.05, 0) is 6.92 Å². The third-order valence-corrected chi connectivity index (χ3v) is 1.72. The van der Waals surface area contributed by atoms with Crippen molar-refractivity contribution in [2.75, 3.05) is 32.7 Å². The smallest absolute Gasteiger partial charge is 0.218 e. The van der Waals surface area contributed by atoms with E-state index in [2.05, 4.69) is 9.97 Å². The molecule has 1 aromatic heterocycles. The molecule has 0 saturated carbocycles. The first kappa shape index (κ1) is 12.7. The van der Waals surface area contributed by atoms with Gasteiger partial charge in [0.15, 0.2) is 5.82 Å². The molecule has 0 bridgehead atoms. The average molecular weight is 227 g/mol. The van der Waals surface area contributed by atoms with E-state index in [1.54, 1.807) is 13.2 Å². The largest absolute Gasteiger partial charge is 0.475 e. The van der Waals surface area contributed by atoms with Gasteiger partial charge in [-0.3, -0.25) is 0 Å². The first-order chi connectivity index (χ1) is 7.76. The van der Waals surface area contributed by atoms with Crippen molar-refractivity contribution in [2.45, 2.75) is 13.5 Å². The Balaban J connectivity index is 2.51. The van der Waals surface area contributed by atoms with Crippen LogP contribution in [0.25, 0.3) is 0 Å². The molecule has 0 saturated heterocycles. The van der Waals surface area contributed by atoms with Crippen molar-refractivity contribution in [1.29, 1.82) is 0 Å². The first-order valence-corrected chi connectivity index (χ1v) is 5.09. The van der Waals surface area contributed by atoms with Crippen LogP contribution in [0.1, 0.15) is 12.7 Å². The molecule has 1 heterocycles. The van der Waals surface area contributed by atoms with Gasteiger partial charge < -0.3 is 19.9 Å². The highest BCUT2D eigenvalue weighted by molar-refractivity contribution is 5.32. The lowest BCUT2D eigenvalue weighted by Gasteiger charge is -2.07. The minimum absolute atomic E-state index is 0.312. The number of nitrogens with zero attached hydrogens (tertiary/aromatic N) is 2. The van der Waals surface area contributed by atoms with Crippen molar-refractivity contribution >= 4 is 5.82 Å². The van der Waals surface area contributed by atoms with Gasteiger partial charge in [-0.15, -0.1) is 0 Å². The fourth-order valence-electron chi connectivity index (χ4n) is 1.11. The fraction of sp³-hybridized carbons (Fsp3) is 0.600. The number of anilines is 1. The Morgan fingerprint density at radius 2 is 2.12 bits per heavy atom. The lowest BCUT2D eigenvalue weighted by molar-refractivity contribution is 0.108. The van der Waals surface area contributed by atoms with Gasteiger partial charge in [0.25, 0.3) is 0 Å². The molecule has 16 heavy (non-hydrogen) atoms. The van der Waals surface area contributed by atoms with Crippen LogP contribution < -0.4 is 10.5 Å². The summed E-state index contributed by atoms with van der Waals surface area (Å²) >= 11 is 0. The Hall–Kier alpha value is -1.40. The van der Waals surface area contributed by atoms with Crippen molar-refractivity contribution < 1.29 is 14.2 Å². The van der Waals surface area contributed by atoms with E-state index >= 15 is 0 Å². The topological polar surface area (TPSA) is 79.5 Å². The molecule has 0 aliphatic heterocycles. The molecule has 2 N–H and O–H groups in total. The van der Waals surface area contributed by atoms with Crippen LogP contribution >= 0.6 is 0 Å². The van der Waals surface area contributed by atoms with Crippen LogP contribution in [0.3, 0.4) is 0 Å². The SMILES string of the molecule is CCOCCOc1cc(N)nc(COC)n1. The minimum atomic E-state index is 0.312. The Kier molecular flexibility index (Phi) is 5.52. The van der Waals surface area contributed by atoms with Crippen molar-refractivity contribution in [3.05, 3.63) is 11.9 Å². The third-order valence-electron chi connectivity index (χ3n) is 1.72. The molecular formula is C10H17N3O3. The molecule has 0 aliphatic rings. The molecule has 0 atom stereocenters. The van der Waals surface area contributed by atoms with Crippen LogP contribution in [0, 0.1) is 0 Å². The number of rotatable bonds is 7. The quantitative estimate of drug-likeness (QED) is 0.688. The average Bonchev–Trinajstić information content (AvgIpc) is 2.24. The van der Waals surface area contributed by atoms with E-state index in [1.165, 1.54) is 0 Å². The summed E-state index contributed by atoms with van der Waals surface area (Å²) in [5.41, 5.74) is 5.60. The lowest BCUT2D eigenvalue weighted by Crippen LogP contribution is -2.09. The van der Waals surface area contributed by atoms with Crippen molar-refractivity contribution in [1.82, 2.24) is 9.97 Å². The monoisotopic (exact) mass is 227 g/mol.